The van der Waals surface area contributed by atoms with E-state index in [0.29, 0.717) is 18.9 Å². The number of piperidine rings is 1. The summed E-state index contributed by atoms with van der Waals surface area (Å²) < 4.78 is 5.47. The van der Waals surface area contributed by atoms with Crippen molar-refractivity contribution in [3.05, 3.63) is 35.9 Å². The van der Waals surface area contributed by atoms with E-state index in [2.05, 4.69) is 5.32 Å². The lowest BCUT2D eigenvalue weighted by Crippen LogP contribution is -2.48. The zero-order valence-electron chi connectivity index (χ0n) is 14.4. The second-order valence-corrected chi connectivity index (χ2v) is 7.00. The topological polar surface area (TPSA) is 78.9 Å². The van der Waals surface area contributed by atoms with Gasteiger partial charge in [-0.15, -0.1) is 0 Å². The molecule has 2 heterocycles. The highest BCUT2D eigenvalue weighted by Crippen LogP contribution is 2.27. The van der Waals surface area contributed by atoms with E-state index in [9.17, 15) is 14.7 Å². The highest BCUT2D eigenvalue weighted by molar-refractivity contribution is 5.77. The van der Waals surface area contributed by atoms with Gasteiger partial charge in [-0.2, -0.15) is 0 Å². The molecule has 2 amide bonds. The molecule has 3 atom stereocenters. The van der Waals surface area contributed by atoms with E-state index >= 15 is 0 Å². The van der Waals surface area contributed by atoms with Crippen LogP contribution in [-0.2, 0) is 9.53 Å². The lowest BCUT2D eigenvalue weighted by molar-refractivity contribution is -0.143. The van der Waals surface area contributed by atoms with Crippen LogP contribution in [0, 0.1) is 11.8 Å². The molecule has 1 aromatic carbocycles. The fourth-order valence-electron chi connectivity index (χ4n) is 3.67. The quantitative estimate of drug-likeness (QED) is 0.859. The molecule has 2 aliphatic rings. The monoisotopic (exact) mass is 346 g/mol. The van der Waals surface area contributed by atoms with Crippen LogP contribution in [0.25, 0.3) is 0 Å². The van der Waals surface area contributed by atoms with Crippen molar-refractivity contribution in [2.24, 2.45) is 11.8 Å². The molecule has 1 aromatic rings. The van der Waals surface area contributed by atoms with E-state index in [-0.39, 0.29) is 18.6 Å². The number of carbonyl (C=O) groups is 2. The number of amides is 2. The minimum atomic E-state index is -0.819. The van der Waals surface area contributed by atoms with E-state index in [1.54, 1.807) is 4.90 Å². The van der Waals surface area contributed by atoms with Gasteiger partial charge in [-0.25, -0.2) is 4.79 Å². The van der Waals surface area contributed by atoms with Crippen molar-refractivity contribution >= 4 is 12.0 Å². The number of nitrogens with zero attached hydrogens (tertiary/aromatic N) is 1. The van der Waals surface area contributed by atoms with Crippen molar-refractivity contribution < 1.29 is 19.4 Å². The predicted octanol–water partition coefficient (Wildman–Crippen LogP) is 2.66. The van der Waals surface area contributed by atoms with Gasteiger partial charge in [0.05, 0.1) is 12.0 Å². The molecule has 2 N–H and O–H groups in total. The number of rotatable bonds is 5. The Balaban J connectivity index is 1.66. The first kappa shape index (κ1) is 17.7. The molecule has 6 heteroatoms. The maximum atomic E-state index is 12.7. The fourth-order valence-corrected chi connectivity index (χ4v) is 3.67. The van der Waals surface area contributed by atoms with E-state index in [4.69, 9.17) is 4.74 Å². The highest BCUT2D eigenvalue weighted by Gasteiger charge is 2.30. The Morgan fingerprint density at radius 2 is 2.08 bits per heavy atom. The summed E-state index contributed by atoms with van der Waals surface area (Å²) in [6, 6.07) is 9.71. The Morgan fingerprint density at radius 3 is 2.76 bits per heavy atom. The molecule has 0 aromatic heterocycles. The molecule has 2 saturated heterocycles. The number of benzene rings is 1. The molecule has 0 radical (unpaired) electrons. The molecule has 136 valence electrons. The zero-order chi connectivity index (χ0) is 17.6. The van der Waals surface area contributed by atoms with E-state index < -0.39 is 11.9 Å². The average molecular weight is 346 g/mol. The predicted molar refractivity (Wildman–Crippen MR) is 93.2 cm³/mol. The molecule has 0 saturated carbocycles. The highest BCUT2D eigenvalue weighted by atomic mass is 16.5. The summed E-state index contributed by atoms with van der Waals surface area (Å²) in [5.41, 5.74) is 1.08. The van der Waals surface area contributed by atoms with Gasteiger partial charge in [0.2, 0.25) is 0 Å². The molecule has 3 rings (SSSR count). The van der Waals surface area contributed by atoms with Gasteiger partial charge in [-0.05, 0) is 37.2 Å². The van der Waals surface area contributed by atoms with Crippen LogP contribution in [0.4, 0.5) is 4.79 Å². The number of carboxylic acid groups (broad SMARTS) is 1. The van der Waals surface area contributed by atoms with Crippen LogP contribution in [0.15, 0.2) is 30.3 Å². The maximum absolute atomic E-state index is 12.7. The molecule has 0 spiro atoms. The Morgan fingerprint density at radius 1 is 1.28 bits per heavy atom. The van der Waals surface area contributed by atoms with E-state index in [1.807, 2.05) is 30.3 Å². The first-order chi connectivity index (χ1) is 12.1. The van der Waals surface area contributed by atoms with Crippen molar-refractivity contribution in [3.63, 3.8) is 0 Å². The molecule has 3 unspecified atom stereocenters. The third kappa shape index (κ3) is 4.72. The summed E-state index contributed by atoms with van der Waals surface area (Å²) in [5.74, 6) is -0.836. The Bertz CT molecular complexity index is 586. The van der Waals surface area contributed by atoms with Gasteiger partial charge in [-0.3, -0.25) is 4.79 Å². The number of aliphatic carboxylic acids is 1. The number of urea groups is 1. The van der Waals surface area contributed by atoms with E-state index in [1.165, 1.54) is 0 Å². The van der Waals surface area contributed by atoms with E-state index in [0.717, 1.165) is 38.0 Å². The smallest absolute Gasteiger partial charge is 0.317 e. The first-order valence-corrected chi connectivity index (χ1v) is 9.04. The van der Waals surface area contributed by atoms with Crippen molar-refractivity contribution in [1.82, 2.24) is 10.2 Å². The molecule has 6 nitrogen and oxygen atoms in total. The number of hydrogen-bond acceptors (Lipinski definition) is 3. The minimum Gasteiger partial charge on any atom is -0.481 e. The van der Waals surface area contributed by atoms with Crippen LogP contribution in [0.5, 0.6) is 0 Å². The van der Waals surface area contributed by atoms with Gasteiger partial charge in [-0.1, -0.05) is 30.3 Å². The van der Waals surface area contributed by atoms with Crippen LogP contribution < -0.4 is 5.32 Å². The molecule has 2 aliphatic heterocycles. The first-order valence-electron chi connectivity index (χ1n) is 9.04. The number of carboxylic acids is 1. The number of nitrogens with one attached hydrogen (secondary N) is 1. The lowest BCUT2D eigenvalue weighted by Gasteiger charge is -2.32. The molecular weight excluding hydrogens is 320 g/mol. The van der Waals surface area contributed by atoms with Crippen LogP contribution in [-0.4, -0.2) is 48.3 Å². The second-order valence-electron chi connectivity index (χ2n) is 7.00. The number of carbonyl (C=O) groups excluding carboxylic acids is 1. The lowest BCUT2D eigenvalue weighted by atomic mass is 9.94. The minimum absolute atomic E-state index is 0.0781. The third-order valence-corrected chi connectivity index (χ3v) is 5.15. The summed E-state index contributed by atoms with van der Waals surface area (Å²) in [6.07, 6.45) is 3.23. The van der Waals surface area contributed by atoms with Crippen molar-refractivity contribution in [2.75, 3.05) is 26.3 Å². The van der Waals surface area contributed by atoms with Crippen LogP contribution in [0.2, 0.25) is 0 Å². The summed E-state index contributed by atoms with van der Waals surface area (Å²) in [7, 11) is 0. The van der Waals surface area contributed by atoms with Gasteiger partial charge < -0.3 is 20.1 Å². The molecule has 0 aliphatic carbocycles. The standard InChI is InChI=1S/C19H26N2O4/c22-18(23)16-7-4-9-21(12-16)19(24)20-17(11-14-8-10-25-13-14)15-5-2-1-3-6-15/h1-3,5-6,14,16-17H,4,7-13H2,(H,20,24)(H,22,23). The molecular formula is C19H26N2O4. The summed E-state index contributed by atoms with van der Waals surface area (Å²) in [4.78, 5) is 25.6. The largest absolute Gasteiger partial charge is 0.481 e. The van der Waals surface area contributed by atoms with Gasteiger partial charge in [0.1, 0.15) is 0 Å². The normalized spacial score (nSPS) is 24.7. The Labute approximate surface area is 148 Å². The van der Waals surface area contributed by atoms with Crippen molar-refractivity contribution in [2.45, 2.75) is 31.7 Å². The number of ether oxygens (including phenoxy) is 1. The molecule has 0 bridgehead atoms. The SMILES string of the molecule is O=C(O)C1CCCN(C(=O)NC(CC2CCOC2)c2ccccc2)C1. The van der Waals surface area contributed by atoms with Crippen LogP contribution in [0.1, 0.15) is 37.3 Å². The zero-order valence-corrected chi connectivity index (χ0v) is 14.4. The molecule has 25 heavy (non-hydrogen) atoms. The number of hydrogen-bond donors (Lipinski definition) is 2. The fraction of sp³-hybridized carbons (Fsp3) is 0.579. The Hall–Kier alpha value is -2.08. The van der Waals surface area contributed by atoms with Crippen molar-refractivity contribution in [3.8, 4) is 0 Å². The summed E-state index contributed by atoms with van der Waals surface area (Å²) in [6.45, 7) is 2.43. The summed E-state index contributed by atoms with van der Waals surface area (Å²) >= 11 is 0. The van der Waals surface area contributed by atoms with Gasteiger partial charge in [0.15, 0.2) is 0 Å². The third-order valence-electron chi connectivity index (χ3n) is 5.15. The summed E-state index contributed by atoms with van der Waals surface area (Å²) in [5, 5.41) is 12.3. The van der Waals surface area contributed by atoms with Crippen LogP contribution in [0.3, 0.4) is 0 Å². The van der Waals surface area contributed by atoms with Crippen molar-refractivity contribution in [1.29, 1.82) is 0 Å². The van der Waals surface area contributed by atoms with Gasteiger partial charge in [0.25, 0.3) is 0 Å². The second kappa shape index (κ2) is 8.34. The number of likely N-dealkylation sites (tertiary alicyclic amines) is 1. The molecule has 2 fully saturated rings. The van der Waals surface area contributed by atoms with Gasteiger partial charge in [0, 0.05) is 26.3 Å². The maximum Gasteiger partial charge on any atom is 0.317 e. The van der Waals surface area contributed by atoms with Crippen LogP contribution >= 0.6 is 0 Å². The average Bonchev–Trinajstić information content (AvgIpc) is 3.15. The Kier molecular flexibility index (Phi) is 5.91. The van der Waals surface area contributed by atoms with Gasteiger partial charge >= 0.3 is 12.0 Å².